The number of hydrogen-bond acceptors (Lipinski definition) is 4. The van der Waals surface area contributed by atoms with E-state index in [1.165, 1.54) is 18.0 Å². The van der Waals surface area contributed by atoms with Gasteiger partial charge in [-0.1, -0.05) is 30.8 Å². The lowest BCUT2D eigenvalue weighted by Crippen LogP contribution is -2.36. The highest BCUT2D eigenvalue weighted by Gasteiger charge is 2.18. The van der Waals surface area contributed by atoms with Gasteiger partial charge in [0.1, 0.15) is 6.26 Å². The Balaban J connectivity index is 2.47. The number of nitrogens with zero attached hydrogens (tertiary/aromatic N) is 2. The third-order valence-electron chi connectivity index (χ3n) is 2.66. The maximum Gasteiger partial charge on any atom is 0.282 e. The molecule has 0 fully saturated rings. The largest absolute Gasteiger partial charge is 0.364 e. The lowest BCUT2D eigenvalue weighted by molar-refractivity contribution is 0.202. The summed E-state index contributed by atoms with van der Waals surface area (Å²) in [6, 6.07) is 2.08. The van der Waals surface area contributed by atoms with Crippen molar-refractivity contribution < 1.29 is 9.32 Å². The van der Waals surface area contributed by atoms with Crippen molar-refractivity contribution in [3.63, 3.8) is 0 Å². The predicted octanol–water partition coefficient (Wildman–Crippen LogP) is 3.54. The van der Waals surface area contributed by atoms with E-state index in [0.29, 0.717) is 11.8 Å². The van der Waals surface area contributed by atoms with E-state index in [1.54, 1.807) is 6.07 Å². The summed E-state index contributed by atoms with van der Waals surface area (Å²) in [6.45, 7) is 7.09. The average molecular weight is 256 g/mol. The molecule has 0 N–H and O–H groups in total. The molecule has 0 aliphatic rings. The maximum absolute atomic E-state index is 12.1. The van der Waals surface area contributed by atoms with Crippen LogP contribution in [0.25, 0.3) is 0 Å². The van der Waals surface area contributed by atoms with Crippen molar-refractivity contribution in [2.45, 2.75) is 45.4 Å². The molecule has 1 atom stereocenters. The van der Waals surface area contributed by atoms with Gasteiger partial charge in [-0.15, -0.1) is 0 Å². The summed E-state index contributed by atoms with van der Waals surface area (Å²) in [4.78, 5) is 14.0. The highest BCUT2D eigenvalue weighted by atomic mass is 32.2. The second-order valence-corrected chi connectivity index (χ2v) is 4.92. The number of rotatable bonds is 6. The molecule has 0 spiro atoms. The molecule has 96 valence electrons. The summed E-state index contributed by atoms with van der Waals surface area (Å²) in [5.74, 6) is 0.575. The van der Waals surface area contributed by atoms with Crippen LogP contribution in [0.15, 0.2) is 16.9 Å². The van der Waals surface area contributed by atoms with Crippen molar-refractivity contribution in [1.29, 1.82) is 0 Å². The first-order valence-corrected chi connectivity index (χ1v) is 7.00. The Labute approximate surface area is 107 Å². The number of aromatic nitrogens is 1. The Kier molecular flexibility index (Phi) is 6.11. The van der Waals surface area contributed by atoms with Crippen molar-refractivity contribution in [1.82, 2.24) is 10.1 Å². The molecule has 1 rings (SSSR count). The summed E-state index contributed by atoms with van der Waals surface area (Å²) in [7, 11) is 0. The highest BCUT2D eigenvalue weighted by Crippen LogP contribution is 2.18. The standard InChI is InChI=1S/C12H20N2O2S/c1-4-7-14(10(3)5-2)12(15)17-9-11-6-8-16-13-11/h6,8,10H,4-5,7,9H2,1-3H3. The van der Waals surface area contributed by atoms with Gasteiger partial charge in [-0.05, 0) is 19.8 Å². The lowest BCUT2D eigenvalue weighted by atomic mass is 10.2. The van der Waals surface area contributed by atoms with Crippen LogP contribution < -0.4 is 0 Å². The van der Waals surface area contributed by atoms with E-state index in [0.717, 1.165) is 25.1 Å². The molecule has 0 bridgehead atoms. The van der Waals surface area contributed by atoms with Crippen molar-refractivity contribution >= 4 is 17.0 Å². The molecule has 0 aliphatic heterocycles. The Bertz CT molecular complexity index is 327. The first-order chi connectivity index (χ1) is 8.19. The molecular formula is C12H20N2O2S. The lowest BCUT2D eigenvalue weighted by Gasteiger charge is -2.27. The molecule has 0 saturated carbocycles. The fraction of sp³-hybridized carbons (Fsp3) is 0.667. The molecule has 1 heterocycles. The zero-order valence-corrected chi connectivity index (χ0v) is 11.5. The molecule has 0 saturated heterocycles. The van der Waals surface area contributed by atoms with Crippen LogP contribution >= 0.6 is 11.8 Å². The van der Waals surface area contributed by atoms with Crippen molar-refractivity contribution in [2.75, 3.05) is 6.54 Å². The van der Waals surface area contributed by atoms with Crippen molar-refractivity contribution in [3.05, 3.63) is 18.0 Å². The minimum absolute atomic E-state index is 0.129. The van der Waals surface area contributed by atoms with E-state index in [1.807, 2.05) is 4.90 Å². The van der Waals surface area contributed by atoms with Gasteiger partial charge in [0.25, 0.3) is 5.24 Å². The van der Waals surface area contributed by atoms with Gasteiger partial charge in [-0.2, -0.15) is 0 Å². The second kappa shape index (κ2) is 7.37. The highest BCUT2D eigenvalue weighted by molar-refractivity contribution is 8.12. The first kappa shape index (κ1) is 14.1. The SMILES string of the molecule is CCCN(C(=O)SCc1ccon1)C(C)CC. The zero-order chi connectivity index (χ0) is 12.7. The van der Waals surface area contributed by atoms with Gasteiger partial charge in [0.15, 0.2) is 0 Å². The van der Waals surface area contributed by atoms with Crippen molar-refractivity contribution in [2.24, 2.45) is 0 Å². The van der Waals surface area contributed by atoms with Crippen molar-refractivity contribution in [3.8, 4) is 0 Å². The van der Waals surface area contributed by atoms with Crippen LogP contribution in [0.3, 0.4) is 0 Å². The molecule has 1 aromatic rings. The molecule has 0 radical (unpaired) electrons. The molecule has 4 nitrogen and oxygen atoms in total. The third-order valence-corrected chi connectivity index (χ3v) is 3.58. The summed E-state index contributed by atoms with van der Waals surface area (Å²) in [5, 5.41) is 3.92. The van der Waals surface area contributed by atoms with Gasteiger partial charge in [0, 0.05) is 24.4 Å². The summed E-state index contributed by atoms with van der Waals surface area (Å²) >= 11 is 1.29. The predicted molar refractivity (Wildman–Crippen MR) is 69.9 cm³/mol. The molecule has 1 aromatic heterocycles. The van der Waals surface area contributed by atoms with E-state index >= 15 is 0 Å². The second-order valence-electron chi connectivity index (χ2n) is 4.00. The normalized spacial score (nSPS) is 12.4. The fourth-order valence-corrected chi connectivity index (χ4v) is 2.34. The van der Waals surface area contributed by atoms with E-state index in [4.69, 9.17) is 4.52 Å². The molecule has 1 unspecified atom stereocenters. The minimum atomic E-state index is 0.129. The van der Waals surface area contributed by atoms with Crippen LogP contribution in [0.5, 0.6) is 0 Å². The van der Waals surface area contributed by atoms with Crippen LogP contribution in [0.2, 0.25) is 0 Å². The number of hydrogen-bond donors (Lipinski definition) is 0. The van der Waals surface area contributed by atoms with Crippen LogP contribution in [0.4, 0.5) is 4.79 Å². The zero-order valence-electron chi connectivity index (χ0n) is 10.7. The first-order valence-electron chi connectivity index (χ1n) is 6.01. The van der Waals surface area contributed by atoms with Gasteiger partial charge >= 0.3 is 0 Å². The number of amides is 1. The van der Waals surface area contributed by atoms with Gasteiger partial charge in [-0.25, -0.2) is 0 Å². The minimum Gasteiger partial charge on any atom is -0.364 e. The van der Waals surface area contributed by atoms with Gasteiger partial charge in [0.05, 0.1) is 5.69 Å². The summed E-state index contributed by atoms with van der Waals surface area (Å²) in [6.07, 6.45) is 3.50. The molecule has 5 heteroatoms. The number of carbonyl (C=O) groups is 1. The van der Waals surface area contributed by atoms with Gasteiger partial charge in [-0.3, -0.25) is 4.79 Å². The van der Waals surface area contributed by atoms with E-state index < -0.39 is 0 Å². The number of carbonyl (C=O) groups excluding carboxylic acids is 1. The van der Waals surface area contributed by atoms with Crippen LogP contribution in [-0.2, 0) is 5.75 Å². The smallest absolute Gasteiger partial charge is 0.282 e. The van der Waals surface area contributed by atoms with Crippen LogP contribution in [-0.4, -0.2) is 27.9 Å². The van der Waals surface area contributed by atoms with Crippen LogP contribution in [0.1, 0.15) is 39.3 Å². The van der Waals surface area contributed by atoms with Gasteiger partial charge in [0.2, 0.25) is 0 Å². The van der Waals surface area contributed by atoms with E-state index in [2.05, 4.69) is 25.9 Å². The Hall–Kier alpha value is -0.970. The molecular weight excluding hydrogens is 236 g/mol. The van der Waals surface area contributed by atoms with Crippen LogP contribution in [0, 0.1) is 0 Å². The average Bonchev–Trinajstić information content (AvgIpc) is 2.85. The summed E-state index contributed by atoms with van der Waals surface area (Å²) < 4.78 is 4.74. The Morgan fingerprint density at radius 2 is 2.35 bits per heavy atom. The number of thioether (sulfide) groups is 1. The molecule has 17 heavy (non-hydrogen) atoms. The Morgan fingerprint density at radius 3 is 2.88 bits per heavy atom. The maximum atomic E-state index is 12.1. The molecule has 0 aliphatic carbocycles. The van der Waals surface area contributed by atoms with E-state index in [9.17, 15) is 4.79 Å². The fourth-order valence-electron chi connectivity index (χ4n) is 1.48. The quantitative estimate of drug-likeness (QED) is 0.781. The Morgan fingerprint density at radius 1 is 1.59 bits per heavy atom. The third kappa shape index (κ3) is 4.42. The molecule has 1 amide bonds. The van der Waals surface area contributed by atoms with Gasteiger partial charge < -0.3 is 9.42 Å². The van der Waals surface area contributed by atoms with E-state index in [-0.39, 0.29) is 5.24 Å². The topological polar surface area (TPSA) is 46.3 Å². The monoisotopic (exact) mass is 256 g/mol. The summed E-state index contributed by atoms with van der Waals surface area (Å²) in [5.41, 5.74) is 0.809. The molecule has 0 aromatic carbocycles.